The normalized spacial score (nSPS) is 16.9. The van der Waals surface area contributed by atoms with Crippen molar-refractivity contribution in [3.8, 4) is 0 Å². The van der Waals surface area contributed by atoms with Gasteiger partial charge in [0.2, 0.25) is 0 Å². The predicted molar refractivity (Wildman–Crippen MR) is 51.4 cm³/mol. The Bertz CT molecular complexity index is 359. The number of rotatable bonds is 3. The highest BCUT2D eigenvalue weighted by molar-refractivity contribution is 5.97. The molecule has 1 aliphatic heterocycles. The quantitative estimate of drug-likeness (QED) is 0.714. The van der Waals surface area contributed by atoms with Gasteiger partial charge in [-0.2, -0.15) is 0 Å². The molecule has 3 nitrogen and oxygen atoms in total. The first-order chi connectivity index (χ1) is 7.31. The average Bonchev–Trinajstić information content (AvgIpc) is 2.82. The highest BCUT2D eigenvalue weighted by atomic mass is 19.1. The van der Waals surface area contributed by atoms with Crippen molar-refractivity contribution in [1.29, 1.82) is 0 Å². The SMILES string of the molecule is O=C(CF)c1cccc(C2OCCO2)c1. The summed E-state index contributed by atoms with van der Waals surface area (Å²) in [6.45, 7) is 0.119. The molecule has 1 aliphatic rings. The second-order valence-electron chi connectivity index (χ2n) is 3.26. The van der Waals surface area contributed by atoms with E-state index in [9.17, 15) is 9.18 Å². The van der Waals surface area contributed by atoms with Gasteiger partial charge in [-0.05, 0) is 6.07 Å². The Balaban J connectivity index is 2.21. The lowest BCUT2D eigenvalue weighted by molar-refractivity contribution is -0.0441. The predicted octanol–water partition coefficient (Wildman–Crippen LogP) is 1.88. The topological polar surface area (TPSA) is 35.5 Å². The first kappa shape index (κ1) is 10.3. The Labute approximate surface area is 86.8 Å². The van der Waals surface area contributed by atoms with Gasteiger partial charge in [0.05, 0.1) is 13.2 Å². The summed E-state index contributed by atoms with van der Waals surface area (Å²) in [4.78, 5) is 11.1. The van der Waals surface area contributed by atoms with Crippen LogP contribution < -0.4 is 0 Å². The van der Waals surface area contributed by atoms with Crippen LogP contribution in [0.2, 0.25) is 0 Å². The van der Waals surface area contributed by atoms with Crippen LogP contribution in [-0.4, -0.2) is 25.7 Å². The van der Waals surface area contributed by atoms with Gasteiger partial charge in [-0.3, -0.25) is 4.79 Å². The van der Waals surface area contributed by atoms with Crippen LogP contribution in [0.15, 0.2) is 24.3 Å². The summed E-state index contributed by atoms with van der Waals surface area (Å²) in [6.07, 6.45) is -0.419. The van der Waals surface area contributed by atoms with Crippen molar-refractivity contribution in [2.45, 2.75) is 6.29 Å². The zero-order chi connectivity index (χ0) is 10.7. The largest absolute Gasteiger partial charge is 0.346 e. The van der Waals surface area contributed by atoms with Crippen molar-refractivity contribution in [1.82, 2.24) is 0 Å². The Morgan fingerprint density at radius 3 is 2.80 bits per heavy atom. The van der Waals surface area contributed by atoms with E-state index in [-0.39, 0.29) is 0 Å². The fraction of sp³-hybridized carbons (Fsp3) is 0.364. The number of ketones is 1. The molecule has 0 amide bonds. The maximum atomic E-state index is 12.2. The highest BCUT2D eigenvalue weighted by Gasteiger charge is 2.19. The molecule has 0 saturated carbocycles. The third kappa shape index (κ3) is 2.22. The lowest BCUT2D eigenvalue weighted by atomic mass is 10.1. The Morgan fingerprint density at radius 1 is 1.40 bits per heavy atom. The van der Waals surface area contributed by atoms with Crippen LogP contribution in [0.4, 0.5) is 4.39 Å². The summed E-state index contributed by atoms with van der Waals surface area (Å²) in [5.74, 6) is -0.519. The summed E-state index contributed by atoms with van der Waals surface area (Å²) in [5.41, 5.74) is 1.11. The lowest BCUT2D eigenvalue weighted by Gasteiger charge is -2.09. The molecule has 1 saturated heterocycles. The first-order valence-corrected chi connectivity index (χ1v) is 4.73. The third-order valence-electron chi connectivity index (χ3n) is 2.22. The number of ether oxygens (including phenoxy) is 2. The van der Waals surface area contributed by atoms with E-state index in [0.717, 1.165) is 5.56 Å². The molecule has 0 bridgehead atoms. The van der Waals surface area contributed by atoms with Gasteiger partial charge in [0.25, 0.3) is 0 Å². The zero-order valence-corrected chi connectivity index (χ0v) is 8.11. The smallest absolute Gasteiger partial charge is 0.193 e. The van der Waals surface area contributed by atoms with Crippen LogP contribution in [0.1, 0.15) is 22.2 Å². The van der Waals surface area contributed by atoms with E-state index in [1.54, 1.807) is 24.3 Å². The molecule has 1 heterocycles. The number of benzene rings is 1. The third-order valence-corrected chi connectivity index (χ3v) is 2.22. The molecule has 4 heteroatoms. The van der Waals surface area contributed by atoms with Crippen LogP contribution >= 0.6 is 0 Å². The molecular formula is C11H11FO3. The van der Waals surface area contributed by atoms with Crippen molar-refractivity contribution < 1.29 is 18.7 Å². The second kappa shape index (κ2) is 4.51. The lowest BCUT2D eigenvalue weighted by Crippen LogP contribution is -2.04. The Kier molecular flexibility index (Phi) is 3.08. The standard InChI is InChI=1S/C11H11FO3/c12-7-10(13)8-2-1-3-9(6-8)11-14-4-5-15-11/h1-3,6,11H,4-5,7H2. The first-order valence-electron chi connectivity index (χ1n) is 4.73. The van der Waals surface area contributed by atoms with E-state index < -0.39 is 18.7 Å². The van der Waals surface area contributed by atoms with Crippen molar-refractivity contribution >= 4 is 5.78 Å². The number of hydrogen-bond donors (Lipinski definition) is 0. The Morgan fingerprint density at radius 2 is 2.13 bits per heavy atom. The van der Waals surface area contributed by atoms with Crippen molar-refractivity contribution in [3.63, 3.8) is 0 Å². The summed E-state index contributed by atoms with van der Waals surface area (Å²) >= 11 is 0. The molecule has 80 valence electrons. The molecule has 0 aliphatic carbocycles. The van der Waals surface area contributed by atoms with Gasteiger partial charge in [-0.25, -0.2) is 4.39 Å². The van der Waals surface area contributed by atoms with Crippen LogP contribution in [-0.2, 0) is 9.47 Å². The van der Waals surface area contributed by atoms with Gasteiger partial charge >= 0.3 is 0 Å². The summed E-state index contributed by atoms with van der Waals surface area (Å²) in [7, 11) is 0. The van der Waals surface area contributed by atoms with Crippen LogP contribution in [0, 0.1) is 0 Å². The van der Waals surface area contributed by atoms with Crippen molar-refractivity contribution in [3.05, 3.63) is 35.4 Å². The van der Waals surface area contributed by atoms with Gasteiger partial charge in [-0.1, -0.05) is 18.2 Å². The Hall–Kier alpha value is -1.26. The van der Waals surface area contributed by atoms with Gasteiger partial charge in [0.15, 0.2) is 18.7 Å². The number of carbonyl (C=O) groups excluding carboxylic acids is 1. The molecule has 1 aromatic rings. The van der Waals surface area contributed by atoms with Gasteiger partial charge < -0.3 is 9.47 Å². The maximum absolute atomic E-state index is 12.2. The highest BCUT2D eigenvalue weighted by Crippen LogP contribution is 2.23. The summed E-state index contributed by atoms with van der Waals surface area (Å²) in [6, 6.07) is 6.69. The molecule has 0 atom stereocenters. The fourth-order valence-electron chi connectivity index (χ4n) is 1.49. The number of halogens is 1. The molecule has 0 unspecified atom stereocenters. The van der Waals surface area contributed by atoms with E-state index in [0.29, 0.717) is 18.8 Å². The zero-order valence-electron chi connectivity index (χ0n) is 8.11. The minimum atomic E-state index is -0.976. The minimum Gasteiger partial charge on any atom is -0.346 e. The maximum Gasteiger partial charge on any atom is 0.193 e. The monoisotopic (exact) mass is 210 g/mol. The average molecular weight is 210 g/mol. The van der Waals surface area contributed by atoms with Gasteiger partial charge in [-0.15, -0.1) is 0 Å². The molecule has 1 aromatic carbocycles. The van der Waals surface area contributed by atoms with Crippen molar-refractivity contribution in [2.24, 2.45) is 0 Å². The van der Waals surface area contributed by atoms with E-state index in [1.807, 2.05) is 0 Å². The summed E-state index contributed by atoms with van der Waals surface area (Å²) < 4.78 is 22.7. The molecule has 15 heavy (non-hydrogen) atoms. The van der Waals surface area contributed by atoms with Crippen LogP contribution in [0.3, 0.4) is 0 Å². The van der Waals surface area contributed by atoms with E-state index in [1.165, 1.54) is 0 Å². The molecule has 0 spiro atoms. The number of carbonyl (C=O) groups is 1. The van der Waals surface area contributed by atoms with Gasteiger partial charge in [0, 0.05) is 11.1 Å². The molecule has 1 fully saturated rings. The molecule has 0 radical (unpaired) electrons. The number of Topliss-reactive ketones (excluding diaryl/α,β-unsaturated/α-hetero) is 1. The van der Waals surface area contributed by atoms with Crippen molar-refractivity contribution in [2.75, 3.05) is 19.9 Å². The second-order valence-corrected chi connectivity index (χ2v) is 3.26. The van der Waals surface area contributed by atoms with E-state index in [4.69, 9.17) is 9.47 Å². The van der Waals surface area contributed by atoms with E-state index >= 15 is 0 Å². The van der Waals surface area contributed by atoms with E-state index in [2.05, 4.69) is 0 Å². The molecule has 0 aromatic heterocycles. The molecule has 2 rings (SSSR count). The fourth-order valence-corrected chi connectivity index (χ4v) is 1.49. The van der Waals surface area contributed by atoms with Gasteiger partial charge in [0.1, 0.15) is 0 Å². The summed E-state index contributed by atoms with van der Waals surface area (Å²) in [5, 5.41) is 0. The molecular weight excluding hydrogens is 199 g/mol. The number of hydrogen-bond acceptors (Lipinski definition) is 3. The van der Waals surface area contributed by atoms with Crippen LogP contribution in [0.25, 0.3) is 0 Å². The molecule has 0 N–H and O–H groups in total. The number of alkyl halides is 1. The van der Waals surface area contributed by atoms with Crippen LogP contribution in [0.5, 0.6) is 0 Å². The minimum absolute atomic E-state index is 0.356.